The van der Waals surface area contributed by atoms with Crippen LogP contribution in [0.4, 0.5) is 0 Å². The molecular weight excluding hydrogens is 372 g/mol. The monoisotopic (exact) mass is 396 g/mol. The van der Waals surface area contributed by atoms with Gasteiger partial charge in [0.1, 0.15) is 12.0 Å². The number of aryl methyl sites for hydroxylation is 1. The Kier molecular flexibility index (Phi) is 7.19. The van der Waals surface area contributed by atoms with Crippen molar-refractivity contribution in [3.05, 3.63) is 70.2 Å². The number of carbonyl (C=O) groups excluding carboxylic acids is 1. The van der Waals surface area contributed by atoms with Crippen molar-refractivity contribution in [3.8, 4) is 6.19 Å². The van der Waals surface area contributed by atoms with E-state index in [0.717, 1.165) is 16.7 Å². The highest BCUT2D eigenvalue weighted by Gasteiger charge is 2.27. The van der Waals surface area contributed by atoms with Gasteiger partial charge >= 0.3 is 0 Å². The molecule has 0 aromatic heterocycles. The first-order chi connectivity index (χ1) is 13.2. The van der Waals surface area contributed by atoms with Crippen LogP contribution in [-0.2, 0) is 11.2 Å². The Morgan fingerprint density at radius 1 is 1.18 bits per heavy atom. The van der Waals surface area contributed by atoms with Crippen LogP contribution >= 0.6 is 11.6 Å². The number of nitriles is 1. The fraction of sp³-hybridized carbons (Fsp3) is 0.318. The molecule has 0 saturated carbocycles. The minimum absolute atomic E-state index is 0.146. The minimum atomic E-state index is -0.511. The van der Waals surface area contributed by atoms with Gasteiger partial charge in [-0.05, 0) is 30.2 Å². The molecule has 0 radical (unpaired) electrons. The van der Waals surface area contributed by atoms with Gasteiger partial charge in [-0.15, -0.1) is 0 Å². The molecule has 0 aliphatic rings. The molecule has 0 spiro atoms. The zero-order valence-electron chi connectivity index (χ0n) is 16.6. The minimum Gasteiger partial charge on any atom is -0.333 e. The number of carbonyl (C=O) groups is 1. The van der Waals surface area contributed by atoms with Crippen LogP contribution in [-0.4, -0.2) is 17.9 Å². The summed E-state index contributed by atoms with van der Waals surface area (Å²) in [7, 11) is 0. The molecule has 146 valence electrons. The maximum Gasteiger partial charge on any atom is 0.226 e. The summed E-state index contributed by atoms with van der Waals surface area (Å²) < 4.78 is 0. The zero-order chi connectivity index (χ0) is 20.7. The van der Waals surface area contributed by atoms with Crippen molar-refractivity contribution in [2.75, 3.05) is 0 Å². The third kappa shape index (κ3) is 6.11. The number of halogens is 1. The number of aliphatic imine (C=N–C) groups is 1. The molecule has 2 aromatic rings. The van der Waals surface area contributed by atoms with Crippen molar-refractivity contribution in [2.45, 2.75) is 40.3 Å². The molecule has 0 aliphatic heterocycles. The molecule has 0 aliphatic carbocycles. The van der Waals surface area contributed by atoms with E-state index in [1.807, 2.05) is 70.3 Å². The van der Waals surface area contributed by atoms with E-state index in [2.05, 4.69) is 10.6 Å². The number of hydrogen-bond donors (Lipinski definition) is 2. The van der Waals surface area contributed by atoms with E-state index in [9.17, 15) is 4.79 Å². The highest BCUT2D eigenvalue weighted by atomic mass is 35.5. The average molecular weight is 397 g/mol. The number of rotatable bonds is 5. The molecule has 0 heterocycles. The van der Waals surface area contributed by atoms with Crippen molar-refractivity contribution in [1.82, 2.24) is 10.6 Å². The lowest BCUT2D eigenvalue weighted by Crippen LogP contribution is -2.44. The van der Waals surface area contributed by atoms with Gasteiger partial charge < -0.3 is 5.32 Å². The first-order valence-corrected chi connectivity index (χ1v) is 9.41. The largest absolute Gasteiger partial charge is 0.333 e. The second-order valence-corrected chi connectivity index (χ2v) is 8.11. The highest BCUT2D eigenvalue weighted by molar-refractivity contribution is 6.30. The summed E-state index contributed by atoms with van der Waals surface area (Å²) in [6.45, 7) is 7.93. The van der Waals surface area contributed by atoms with E-state index in [1.54, 1.807) is 12.1 Å². The number of amidine groups is 1. The van der Waals surface area contributed by atoms with Crippen LogP contribution < -0.4 is 10.6 Å². The zero-order valence-corrected chi connectivity index (χ0v) is 17.3. The molecule has 0 saturated heterocycles. The van der Waals surface area contributed by atoms with E-state index >= 15 is 0 Å². The average Bonchev–Trinajstić information content (AvgIpc) is 2.62. The van der Waals surface area contributed by atoms with Gasteiger partial charge in [0.15, 0.2) is 6.19 Å². The first kappa shape index (κ1) is 21.5. The molecule has 0 fully saturated rings. The van der Waals surface area contributed by atoms with Crippen LogP contribution in [0.5, 0.6) is 0 Å². The summed E-state index contributed by atoms with van der Waals surface area (Å²) in [5.41, 5.74) is 2.34. The van der Waals surface area contributed by atoms with E-state index in [4.69, 9.17) is 21.9 Å². The Labute approximate surface area is 171 Å². The second-order valence-electron chi connectivity index (χ2n) is 7.67. The summed E-state index contributed by atoms with van der Waals surface area (Å²) in [5, 5.41) is 15.4. The maximum absolute atomic E-state index is 12.6. The lowest BCUT2D eigenvalue weighted by atomic mass is 9.92. The maximum atomic E-state index is 12.6. The SMILES string of the molecule is Cc1ccccc1/C(=N/C(NC(=O)Cc1ccc(Cl)cc1)C(C)(C)C)NC#N. The first-order valence-electron chi connectivity index (χ1n) is 9.03. The summed E-state index contributed by atoms with van der Waals surface area (Å²) >= 11 is 5.90. The number of benzene rings is 2. The van der Waals surface area contributed by atoms with Crippen LogP contribution in [0.25, 0.3) is 0 Å². The van der Waals surface area contributed by atoms with Crippen LogP contribution in [0, 0.1) is 23.8 Å². The van der Waals surface area contributed by atoms with Crippen LogP contribution in [0.1, 0.15) is 37.5 Å². The number of nitrogens with one attached hydrogen (secondary N) is 2. The van der Waals surface area contributed by atoms with Gasteiger partial charge in [-0.2, -0.15) is 5.26 Å². The predicted molar refractivity (Wildman–Crippen MR) is 113 cm³/mol. The predicted octanol–water partition coefficient (Wildman–Crippen LogP) is 4.20. The van der Waals surface area contributed by atoms with Crippen molar-refractivity contribution in [1.29, 1.82) is 5.26 Å². The Morgan fingerprint density at radius 3 is 2.39 bits per heavy atom. The van der Waals surface area contributed by atoms with Crippen molar-refractivity contribution >= 4 is 23.3 Å². The van der Waals surface area contributed by atoms with Crippen LogP contribution in [0.3, 0.4) is 0 Å². The molecule has 5 nitrogen and oxygen atoms in total. The fourth-order valence-electron chi connectivity index (χ4n) is 2.62. The Morgan fingerprint density at radius 2 is 1.82 bits per heavy atom. The molecule has 1 atom stereocenters. The summed E-state index contributed by atoms with van der Waals surface area (Å²) in [5.74, 6) is 0.291. The Hall–Kier alpha value is -2.84. The lowest BCUT2D eigenvalue weighted by molar-refractivity contribution is -0.121. The highest BCUT2D eigenvalue weighted by Crippen LogP contribution is 2.22. The molecule has 1 unspecified atom stereocenters. The van der Waals surface area contributed by atoms with Gasteiger partial charge in [0.05, 0.1) is 6.42 Å². The fourth-order valence-corrected chi connectivity index (χ4v) is 2.75. The second kappa shape index (κ2) is 9.38. The normalized spacial score (nSPS) is 12.8. The molecule has 2 N–H and O–H groups in total. The molecule has 0 bridgehead atoms. The quantitative estimate of drug-likeness (QED) is 0.344. The lowest BCUT2D eigenvalue weighted by Gasteiger charge is -2.29. The third-order valence-electron chi connectivity index (χ3n) is 4.23. The standard InChI is InChI=1S/C22H25ClN4O/c1-15-7-5-6-8-18(15)20(25-14-24)27-21(22(2,3)4)26-19(28)13-16-9-11-17(23)12-10-16/h5-12,21H,13H2,1-4H3,(H,25,27)(H,26,28). The van der Waals surface area contributed by atoms with E-state index < -0.39 is 6.17 Å². The molecule has 28 heavy (non-hydrogen) atoms. The van der Waals surface area contributed by atoms with E-state index in [1.165, 1.54) is 0 Å². The van der Waals surface area contributed by atoms with Crippen LogP contribution in [0.2, 0.25) is 5.02 Å². The topological polar surface area (TPSA) is 77.3 Å². The molecule has 6 heteroatoms. The van der Waals surface area contributed by atoms with Crippen molar-refractivity contribution in [2.24, 2.45) is 10.4 Å². The van der Waals surface area contributed by atoms with Gasteiger partial charge in [-0.25, -0.2) is 4.99 Å². The third-order valence-corrected chi connectivity index (χ3v) is 4.48. The number of nitrogens with zero attached hydrogens (tertiary/aromatic N) is 2. The van der Waals surface area contributed by atoms with Crippen LogP contribution in [0.15, 0.2) is 53.5 Å². The van der Waals surface area contributed by atoms with Crippen molar-refractivity contribution < 1.29 is 4.79 Å². The molecule has 2 aromatic carbocycles. The van der Waals surface area contributed by atoms with Gasteiger partial charge in [0.2, 0.25) is 5.91 Å². The van der Waals surface area contributed by atoms with Gasteiger partial charge in [-0.1, -0.05) is 68.8 Å². The Balaban J connectivity index is 2.27. The molecular formula is C22H25ClN4O. The summed E-state index contributed by atoms with van der Waals surface area (Å²) in [4.78, 5) is 17.3. The van der Waals surface area contributed by atoms with Crippen molar-refractivity contribution in [3.63, 3.8) is 0 Å². The van der Waals surface area contributed by atoms with Gasteiger partial charge in [0, 0.05) is 16.0 Å². The van der Waals surface area contributed by atoms with E-state index in [0.29, 0.717) is 10.9 Å². The molecule has 2 rings (SSSR count). The van der Waals surface area contributed by atoms with Gasteiger partial charge in [-0.3, -0.25) is 10.1 Å². The number of amides is 1. The summed E-state index contributed by atoms with van der Waals surface area (Å²) in [6.07, 6.45) is 1.66. The smallest absolute Gasteiger partial charge is 0.226 e. The Bertz CT molecular complexity index is 892. The molecule has 1 amide bonds. The number of hydrogen-bond acceptors (Lipinski definition) is 3. The summed E-state index contributed by atoms with van der Waals surface area (Å²) in [6, 6.07) is 14.8. The van der Waals surface area contributed by atoms with Gasteiger partial charge in [0.25, 0.3) is 0 Å². The van der Waals surface area contributed by atoms with E-state index in [-0.39, 0.29) is 17.7 Å².